The van der Waals surface area contributed by atoms with Gasteiger partial charge in [-0.1, -0.05) is 50.1 Å². The lowest BCUT2D eigenvalue weighted by Gasteiger charge is -2.20. The zero-order chi connectivity index (χ0) is 33.9. The van der Waals surface area contributed by atoms with E-state index in [1.165, 1.54) is 6.07 Å². The van der Waals surface area contributed by atoms with Crippen molar-refractivity contribution in [3.63, 3.8) is 0 Å². The summed E-state index contributed by atoms with van der Waals surface area (Å²) in [4.78, 5) is 0. The summed E-state index contributed by atoms with van der Waals surface area (Å²) in [5.41, 5.74) is -2.13. The van der Waals surface area contributed by atoms with E-state index in [9.17, 15) is 8.78 Å². The maximum atomic E-state index is 15.2. The number of hydrogen-bond donors (Lipinski definition) is 0. The van der Waals surface area contributed by atoms with E-state index in [0.717, 1.165) is 67.6 Å². The predicted molar refractivity (Wildman–Crippen MR) is 161 cm³/mol. The minimum absolute atomic E-state index is 0.00630. The summed E-state index contributed by atoms with van der Waals surface area (Å²) in [6.45, 7) is 2.09. The van der Waals surface area contributed by atoms with Crippen molar-refractivity contribution in [1.82, 2.24) is 0 Å². The fraction of sp³-hybridized carbons (Fsp3) is 0.162. The molecule has 0 radical (unpaired) electrons. The molecule has 5 aromatic carbocycles. The van der Waals surface area contributed by atoms with E-state index in [2.05, 4.69) is 11.7 Å². The lowest BCUT2D eigenvalue weighted by Crippen LogP contribution is -2.25. The largest absolute Gasteiger partial charge is 0.432 e. The Kier molecular flexibility index (Phi) is 9.66. The smallest absolute Gasteiger partial charge is 0.429 e. The van der Waals surface area contributed by atoms with Gasteiger partial charge < -0.3 is 4.74 Å². The first-order chi connectivity index (χ1) is 22.4. The molecule has 10 heteroatoms. The minimum Gasteiger partial charge on any atom is -0.429 e. The van der Waals surface area contributed by atoms with Gasteiger partial charge in [0.2, 0.25) is 0 Å². The van der Waals surface area contributed by atoms with Gasteiger partial charge in [-0.3, -0.25) is 0 Å². The molecular weight excluding hydrogens is 626 g/mol. The second-order valence-electron chi connectivity index (χ2n) is 10.9. The van der Waals surface area contributed by atoms with E-state index < -0.39 is 63.5 Å². The van der Waals surface area contributed by atoms with Gasteiger partial charge in [0.15, 0.2) is 0 Å². The predicted octanol–water partition coefficient (Wildman–Crippen LogP) is 11.3. The second-order valence-corrected chi connectivity index (χ2v) is 10.9. The third-order valence-corrected chi connectivity index (χ3v) is 7.61. The molecule has 0 aliphatic carbocycles. The number of ether oxygens (including phenoxy) is 1. The first kappa shape index (κ1) is 33.2. The summed E-state index contributed by atoms with van der Waals surface area (Å²) in [6, 6.07) is 17.0. The molecule has 0 saturated carbocycles. The van der Waals surface area contributed by atoms with E-state index in [4.69, 9.17) is 5.26 Å². The van der Waals surface area contributed by atoms with Crippen molar-refractivity contribution >= 4 is 0 Å². The SMILES string of the molecule is CCCCCc1ccc(-c2cc(F)c(-c3cc(F)c(C(F)(F)Oc4ccc(-c5ccc(C#N)c(F)c5)c(F)c4)c(F)c3)c(F)c2)cc1. The Morgan fingerprint density at radius 1 is 0.617 bits per heavy atom. The lowest BCUT2D eigenvalue weighted by molar-refractivity contribution is -0.189. The van der Waals surface area contributed by atoms with Crippen molar-refractivity contribution in [2.24, 2.45) is 0 Å². The van der Waals surface area contributed by atoms with Gasteiger partial charge in [0.05, 0.1) is 11.1 Å². The molecule has 0 aromatic heterocycles. The molecule has 0 aliphatic rings. The van der Waals surface area contributed by atoms with E-state index in [-0.39, 0.29) is 22.3 Å². The van der Waals surface area contributed by atoms with Gasteiger partial charge >= 0.3 is 6.11 Å². The van der Waals surface area contributed by atoms with Crippen molar-refractivity contribution in [3.05, 3.63) is 137 Å². The Morgan fingerprint density at radius 3 is 1.79 bits per heavy atom. The zero-order valence-corrected chi connectivity index (χ0v) is 24.8. The fourth-order valence-corrected chi connectivity index (χ4v) is 5.22. The quantitative estimate of drug-likeness (QED) is 0.111. The number of hydrogen-bond acceptors (Lipinski definition) is 2. The highest BCUT2D eigenvalue weighted by molar-refractivity contribution is 5.72. The van der Waals surface area contributed by atoms with Crippen LogP contribution in [0.15, 0.2) is 84.9 Å². The summed E-state index contributed by atoms with van der Waals surface area (Å²) in [5, 5.41) is 8.85. The van der Waals surface area contributed by atoms with Crippen LogP contribution in [0.3, 0.4) is 0 Å². The van der Waals surface area contributed by atoms with Crippen LogP contribution in [0.5, 0.6) is 5.75 Å². The molecule has 0 unspecified atom stereocenters. The molecule has 0 aliphatic heterocycles. The standard InChI is InChI=1S/C37H25F8NO/c1-2-3-4-5-21-6-8-22(9-7-21)25-15-31(40)35(32(41)16-25)26-17-33(42)36(34(43)18-26)37(44,45)47-27-12-13-28(30(39)19-27)23-10-11-24(20-46)29(38)14-23/h6-19H,2-5H2,1H3. The molecule has 0 atom stereocenters. The molecule has 0 fully saturated rings. The first-order valence-corrected chi connectivity index (χ1v) is 14.6. The maximum absolute atomic E-state index is 15.2. The van der Waals surface area contributed by atoms with Crippen LogP contribution < -0.4 is 4.74 Å². The highest BCUT2D eigenvalue weighted by Gasteiger charge is 2.41. The van der Waals surface area contributed by atoms with E-state index >= 15 is 26.3 Å². The van der Waals surface area contributed by atoms with Gasteiger partial charge in [0.25, 0.3) is 0 Å². The average Bonchev–Trinajstić information content (AvgIpc) is 3.00. The molecule has 2 nitrogen and oxygen atoms in total. The molecule has 240 valence electrons. The number of aryl methyl sites for hydroxylation is 1. The maximum Gasteiger partial charge on any atom is 0.432 e. The normalized spacial score (nSPS) is 11.4. The Hall–Kier alpha value is -5.17. The molecular formula is C37H25F8NO. The molecule has 5 rings (SSSR count). The molecule has 0 heterocycles. The number of benzene rings is 5. The highest BCUT2D eigenvalue weighted by Crippen LogP contribution is 2.39. The average molecular weight is 652 g/mol. The van der Waals surface area contributed by atoms with Crippen LogP contribution in [0.25, 0.3) is 33.4 Å². The van der Waals surface area contributed by atoms with Crippen LogP contribution >= 0.6 is 0 Å². The van der Waals surface area contributed by atoms with Crippen molar-refractivity contribution in [2.45, 2.75) is 38.7 Å². The zero-order valence-electron chi connectivity index (χ0n) is 24.8. The van der Waals surface area contributed by atoms with Crippen molar-refractivity contribution in [3.8, 4) is 45.2 Å². The number of nitrogens with zero attached hydrogens (tertiary/aromatic N) is 1. The molecule has 0 saturated heterocycles. The summed E-state index contributed by atoms with van der Waals surface area (Å²) in [7, 11) is 0. The van der Waals surface area contributed by atoms with Crippen molar-refractivity contribution < 1.29 is 39.9 Å². The minimum atomic E-state index is -4.69. The second kappa shape index (κ2) is 13.7. The monoisotopic (exact) mass is 651 g/mol. The lowest BCUT2D eigenvalue weighted by atomic mass is 9.96. The van der Waals surface area contributed by atoms with Gasteiger partial charge in [0, 0.05) is 11.6 Å². The van der Waals surface area contributed by atoms with Gasteiger partial charge in [-0.25, -0.2) is 26.3 Å². The third kappa shape index (κ3) is 7.14. The van der Waals surface area contributed by atoms with Crippen LogP contribution in [0, 0.1) is 46.2 Å². The number of nitriles is 1. The Balaban J connectivity index is 1.38. The molecule has 0 amide bonds. The fourth-order valence-electron chi connectivity index (χ4n) is 5.22. The summed E-state index contributed by atoms with van der Waals surface area (Å²) in [6.07, 6.45) is -0.678. The Morgan fingerprint density at radius 2 is 1.21 bits per heavy atom. The van der Waals surface area contributed by atoms with E-state index in [0.29, 0.717) is 23.8 Å². The third-order valence-electron chi connectivity index (χ3n) is 7.61. The van der Waals surface area contributed by atoms with Crippen LogP contribution in [-0.2, 0) is 12.5 Å². The molecule has 47 heavy (non-hydrogen) atoms. The summed E-state index contributed by atoms with van der Waals surface area (Å²) >= 11 is 0. The molecule has 0 N–H and O–H groups in total. The summed E-state index contributed by atoms with van der Waals surface area (Å²) in [5.74, 6) is -8.94. The van der Waals surface area contributed by atoms with Crippen LogP contribution in [0.4, 0.5) is 35.1 Å². The highest BCUT2D eigenvalue weighted by atomic mass is 19.3. The molecule has 0 bridgehead atoms. The van der Waals surface area contributed by atoms with Gasteiger partial charge in [0.1, 0.15) is 52.3 Å². The number of alkyl halides is 2. The van der Waals surface area contributed by atoms with Gasteiger partial charge in [-0.2, -0.15) is 14.0 Å². The Bertz CT molecular complexity index is 1940. The number of unbranched alkanes of at least 4 members (excludes halogenated alkanes) is 2. The van der Waals surface area contributed by atoms with E-state index in [1.807, 2.05) is 12.1 Å². The van der Waals surface area contributed by atoms with E-state index in [1.54, 1.807) is 18.2 Å². The van der Waals surface area contributed by atoms with Gasteiger partial charge in [-0.15, -0.1) is 0 Å². The van der Waals surface area contributed by atoms with Crippen LogP contribution in [0.1, 0.15) is 42.9 Å². The number of halogens is 8. The summed E-state index contributed by atoms with van der Waals surface area (Å²) < 4.78 is 124. The van der Waals surface area contributed by atoms with Crippen LogP contribution in [-0.4, -0.2) is 0 Å². The number of rotatable bonds is 10. The molecule has 0 spiro atoms. The first-order valence-electron chi connectivity index (χ1n) is 14.6. The molecule has 5 aromatic rings. The van der Waals surface area contributed by atoms with Crippen LogP contribution in [0.2, 0.25) is 0 Å². The Labute approximate surface area is 265 Å². The topological polar surface area (TPSA) is 33.0 Å². The van der Waals surface area contributed by atoms with Gasteiger partial charge in [-0.05, 0) is 89.2 Å². The van der Waals surface area contributed by atoms with Crippen molar-refractivity contribution in [2.75, 3.05) is 0 Å². The van der Waals surface area contributed by atoms with Crippen molar-refractivity contribution in [1.29, 1.82) is 5.26 Å².